The summed E-state index contributed by atoms with van der Waals surface area (Å²) in [6, 6.07) is 10.8. The van der Waals surface area contributed by atoms with E-state index < -0.39 is 0 Å². The van der Waals surface area contributed by atoms with Crippen molar-refractivity contribution < 1.29 is 0 Å². The molecule has 1 fully saturated rings. The third-order valence-corrected chi connectivity index (χ3v) is 4.30. The monoisotopic (exact) mass is 270 g/mol. The summed E-state index contributed by atoms with van der Waals surface area (Å²) in [5.41, 5.74) is 5.71. The summed E-state index contributed by atoms with van der Waals surface area (Å²) in [6.07, 6.45) is 7.50. The van der Waals surface area contributed by atoms with Gasteiger partial charge in [0.2, 0.25) is 0 Å². The maximum Gasteiger partial charge on any atom is 0.0587 e. The van der Waals surface area contributed by atoms with Gasteiger partial charge in [-0.25, -0.2) is 0 Å². The highest BCUT2D eigenvalue weighted by Crippen LogP contribution is 2.56. The predicted octanol–water partition coefficient (Wildman–Crippen LogP) is 2.53. The second-order valence-corrected chi connectivity index (χ2v) is 5.66. The number of rotatable bonds is 6. The number of aromatic nitrogens is 2. The first kappa shape index (κ1) is 13.3. The molecule has 2 aromatic rings. The van der Waals surface area contributed by atoms with E-state index in [1.165, 1.54) is 24.0 Å². The van der Waals surface area contributed by atoms with Gasteiger partial charge >= 0.3 is 0 Å². The smallest absolute Gasteiger partial charge is 0.0587 e. The predicted molar refractivity (Wildman–Crippen MR) is 79.9 cm³/mol. The summed E-state index contributed by atoms with van der Waals surface area (Å²) >= 11 is 0. The molecule has 1 unspecified atom stereocenters. The highest BCUT2D eigenvalue weighted by atomic mass is 15.3. The molecular formula is C16H22N4. The Bertz CT molecular complexity index is 557. The lowest BCUT2D eigenvalue weighted by Crippen LogP contribution is -2.36. The van der Waals surface area contributed by atoms with Crippen LogP contribution in [0.2, 0.25) is 0 Å². The van der Waals surface area contributed by atoms with E-state index in [0.29, 0.717) is 0 Å². The fraction of sp³-hybridized carbons (Fsp3) is 0.438. The molecule has 0 bridgehead atoms. The molecule has 1 aromatic carbocycles. The van der Waals surface area contributed by atoms with Crippen molar-refractivity contribution in [2.75, 3.05) is 0 Å². The maximum absolute atomic E-state index is 5.86. The second kappa shape index (κ2) is 5.38. The molecule has 3 rings (SSSR count). The number of nitrogens with one attached hydrogen (secondary N) is 1. The summed E-state index contributed by atoms with van der Waals surface area (Å²) in [4.78, 5) is 0. The Morgan fingerprint density at radius 3 is 2.70 bits per heavy atom. The minimum absolute atomic E-state index is 0.135. The molecule has 4 heteroatoms. The SMILES string of the molecule is CCCn1cc(C(NN)C2(c3ccccc3)CC2)cn1. The van der Waals surface area contributed by atoms with Crippen LogP contribution in [0.25, 0.3) is 0 Å². The lowest BCUT2D eigenvalue weighted by molar-refractivity contribution is 0.438. The van der Waals surface area contributed by atoms with Gasteiger partial charge < -0.3 is 0 Å². The molecular weight excluding hydrogens is 248 g/mol. The molecule has 0 aliphatic heterocycles. The third-order valence-electron chi connectivity index (χ3n) is 4.30. The van der Waals surface area contributed by atoms with Crippen LogP contribution in [0.15, 0.2) is 42.7 Å². The molecule has 3 N–H and O–H groups in total. The maximum atomic E-state index is 5.86. The van der Waals surface area contributed by atoms with Crippen LogP contribution in [0.4, 0.5) is 0 Å². The number of hydrazine groups is 1. The van der Waals surface area contributed by atoms with Crippen molar-refractivity contribution in [3.63, 3.8) is 0 Å². The number of nitrogens with two attached hydrogens (primary N) is 1. The normalized spacial score (nSPS) is 17.9. The molecule has 20 heavy (non-hydrogen) atoms. The minimum Gasteiger partial charge on any atom is -0.272 e. The topological polar surface area (TPSA) is 55.9 Å². The number of nitrogens with zero attached hydrogens (tertiary/aromatic N) is 2. The van der Waals surface area contributed by atoms with Crippen LogP contribution in [0.5, 0.6) is 0 Å². The van der Waals surface area contributed by atoms with Crippen molar-refractivity contribution in [3.8, 4) is 0 Å². The van der Waals surface area contributed by atoms with Crippen molar-refractivity contribution in [2.45, 2.75) is 44.2 Å². The van der Waals surface area contributed by atoms with Crippen LogP contribution in [0, 0.1) is 0 Å². The highest BCUT2D eigenvalue weighted by Gasteiger charge is 2.51. The summed E-state index contributed by atoms with van der Waals surface area (Å²) in [5, 5.41) is 4.43. The van der Waals surface area contributed by atoms with E-state index in [9.17, 15) is 0 Å². The molecule has 1 heterocycles. The first-order valence-electron chi connectivity index (χ1n) is 7.34. The Kier molecular flexibility index (Phi) is 3.59. The first-order valence-corrected chi connectivity index (χ1v) is 7.34. The van der Waals surface area contributed by atoms with Gasteiger partial charge in [0.15, 0.2) is 0 Å². The molecule has 1 saturated carbocycles. The molecule has 1 aromatic heterocycles. The zero-order valence-corrected chi connectivity index (χ0v) is 11.9. The Morgan fingerprint density at radius 1 is 1.35 bits per heavy atom. The fourth-order valence-corrected chi connectivity index (χ4v) is 3.10. The number of aryl methyl sites for hydroxylation is 1. The van der Waals surface area contributed by atoms with Gasteiger partial charge in [-0.05, 0) is 24.8 Å². The van der Waals surface area contributed by atoms with Gasteiger partial charge in [-0.15, -0.1) is 0 Å². The van der Waals surface area contributed by atoms with Crippen molar-refractivity contribution in [1.29, 1.82) is 0 Å². The van der Waals surface area contributed by atoms with Crippen LogP contribution >= 0.6 is 0 Å². The van der Waals surface area contributed by atoms with Gasteiger partial charge in [-0.2, -0.15) is 5.10 Å². The lowest BCUT2D eigenvalue weighted by atomic mass is 9.85. The van der Waals surface area contributed by atoms with Crippen LogP contribution in [-0.4, -0.2) is 9.78 Å². The van der Waals surface area contributed by atoms with Crippen LogP contribution in [0.3, 0.4) is 0 Å². The zero-order chi connectivity index (χ0) is 14.0. The molecule has 0 saturated heterocycles. The molecule has 0 spiro atoms. The van der Waals surface area contributed by atoms with Gasteiger partial charge in [0.25, 0.3) is 0 Å². The average molecular weight is 270 g/mol. The quantitative estimate of drug-likeness (QED) is 0.626. The third kappa shape index (κ3) is 2.25. The van der Waals surface area contributed by atoms with E-state index in [1.54, 1.807) is 0 Å². The number of hydrogen-bond donors (Lipinski definition) is 2. The van der Waals surface area contributed by atoms with Crippen molar-refractivity contribution in [3.05, 3.63) is 53.9 Å². The van der Waals surface area contributed by atoms with E-state index >= 15 is 0 Å². The Hall–Kier alpha value is -1.65. The van der Waals surface area contributed by atoms with Gasteiger partial charge in [-0.3, -0.25) is 16.0 Å². The van der Waals surface area contributed by atoms with Gasteiger partial charge in [0.05, 0.1) is 12.2 Å². The van der Waals surface area contributed by atoms with Crippen molar-refractivity contribution in [2.24, 2.45) is 5.84 Å². The van der Waals surface area contributed by atoms with Gasteiger partial charge in [0, 0.05) is 23.7 Å². The molecule has 106 valence electrons. The van der Waals surface area contributed by atoms with E-state index in [-0.39, 0.29) is 11.5 Å². The summed E-state index contributed by atoms with van der Waals surface area (Å²) in [7, 11) is 0. The van der Waals surface area contributed by atoms with Crippen LogP contribution in [0.1, 0.15) is 43.4 Å². The van der Waals surface area contributed by atoms with E-state index in [1.807, 2.05) is 10.9 Å². The Balaban J connectivity index is 1.89. The van der Waals surface area contributed by atoms with Gasteiger partial charge in [0.1, 0.15) is 0 Å². The number of hydrogen-bond acceptors (Lipinski definition) is 3. The van der Waals surface area contributed by atoms with E-state index in [0.717, 1.165) is 13.0 Å². The molecule has 1 aliphatic rings. The average Bonchev–Trinajstić information content (AvgIpc) is 3.16. The minimum atomic E-state index is 0.135. The second-order valence-electron chi connectivity index (χ2n) is 5.66. The van der Waals surface area contributed by atoms with Crippen molar-refractivity contribution >= 4 is 0 Å². The summed E-state index contributed by atoms with van der Waals surface area (Å²) in [6.45, 7) is 3.11. The Morgan fingerprint density at radius 2 is 2.10 bits per heavy atom. The highest BCUT2D eigenvalue weighted by molar-refractivity contribution is 5.37. The van der Waals surface area contributed by atoms with Crippen molar-refractivity contribution in [1.82, 2.24) is 15.2 Å². The van der Waals surface area contributed by atoms with Crippen LogP contribution < -0.4 is 11.3 Å². The molecule has 0 radical (unpaired) electrons. The zero-order valence-electron chi connectivity index (χ0n) is 11.9. The summed E-state index contributed by atoms with van der Waals surface area (Å²) < 4.78 is 2.00. The Labute approximate surface area is 120 Å². The molecule has 4 nitrogen and oxygen atoms in total. The summed E-state index contributed by atoms with van der Waals surface area (Å²) in [5.74, 6) is 5.86. The lowest BCUT2D eigenvalue weighted by Gasteiger charge is -2.26. The van der Waals surface area contributed by atoms with E-state index in [2.05, 4.69) is 54.0 Å². The fourth-order valence-electron chi connectivity index (χ4n) is 3.10. The number of benzene rings is 1. The largest absolute Gasteiger partial charge is 0.272 e. The standard InChI is InChI=1S/C16H22N4/c1-2-10-20-12-13(11-18-20)15(19-17)16(8-9-16)14-6-4-3-5-7-14/h3-7,11-12,15,19H,2,8-10,17H2,1H3. The first-order chi connectivity index (χ1) is 9.80. The molecule has 0 amide bonds. The van der Waals surface area contributed by atoms with Crippen LogP contribution in [-0.2, 0) is 12.0 Å². The molecule has 1 aliphatic carbocycles. The molecule has 1 atom stereocenters. The van der Waals surface area contributed by atoms with Gasteiger partial charge in [-0.1, -0.05) is 37.3 Å². The van der Waals surface area contributed by atoms with E-state index in [4.69, 9.17) is 5.84 Å².